The number of hydrogen-bond acceptors (Lipinski definition) is 3. The summed E-state index contributed by atoms with van der Waals surface area (Å²) in [6, 6.07) is 5.14. The lowest BCUT2D eigenvalue weighted by Gasteiger charge is -2.23. The molecule has 3 nitrogen and oxygen atoms in total. The molecule has 0 N–H and O–H groups in total. The smallest absolute Gasteiger partial charge is 0.342 e. The normalized spacial score (nSPS) is 16.5. The summed E-state index contributed by atoms with van der Waals surface area (Å²) in [7, 11) is 0. The number of alkyl halides is 3. The van der Waals surface area contributed by atoms with Gasteiger partial charge >= 0.3 is 6.18 Å². The monoisotopic (exact) mass is 328 g/mol. The van der Waals surface area contributed by atoms with Gasteiger partial charge in [-0.1, -0.05) is 18.2 Å². The van der Waals surface area contributed by atoms with Gasteiger partial charge in [0, 0.05) is 25.4 Å². The van der Waals surface area contributed by atoms with E-state index < -0.39 is 11.7 Å². The molecule has 1 fully saturated rings. The maximum atomic E-state index is 12.8. The third-order valence-corrected chi connectivity index (χ3v) is 3.80. The van der Waals surface area contributed by atoms with Crippen molar-refractivity contribution in [1.82, 2.24) is 4.90 Å². The Labute approximate surface area is 131 Å². The summed E-state index contributed by atoms with van der Waals surface area (Å²) in [6.07, 6.45) is -3.12. The fourth-order valence-electron chi connectivity index (χ4n) is 2.55. The molecule has 0 bridgehead atoms. The van der Waals surface area contributed by atoms with Crippen molar-refractivity contribution in [2.75, 3.05) is 19.6 Å². The molecule has 1 saturated heterocycles. The second-order valence-corrected chi connectivity index (χ2v) is 5.38. The summed E-state index contributed by atoms with van der Waals surface area (Å²) >= 11 is 4.53. The Balaban J connectivity index is 2.24. The first-order valence-electron chi connectivity index (χ1n) is 6.90. The molecule has 1 atom stereocenters. The van der Waals surface area contributed by atoms with Crippen LogP contribution in [0.2, 0.25) is 0 Å². The van der Waals surface area contributed by atoms with Gasteiger partial charge in [0.25, 0.3) is 0 Å². The Morgan fingerprint density at radius 3 is 2.77 bits per heavy atom. The lowest BCUT2D eigenvalue weighted by Crippen LogP contribution is -2.30. The highest BCUT2D eigenvalue weighted by Crippen LogP contribution is 2.31. The van der Waals surface area contributed by atoms with Crippen molar-refractivity contribution in [2.45, 2.75) is 24.9 Å². The van der Waals surface area contributed by atoms with Gasteiger partial charge in [0.15, 0.2) is 0 Å². The molecule has 0 spiro atoms. The highest BCUT2D eigenvalue weighted by atomic mass is 32.1. The SMILES string of the molecule is O=C1CCCN1CC(CN=C=S)c1cccc(C(F)(F)F)c1. The molecule has 1 unspecified atom stereocenters. The maximum absolute atomic E-state index is 12.8. The predicted molar refractivity (Wildman–Crippen MR) is 79.9 cm³/mol. The van der Waals surface area contributed by atoms with Crippen molar-refractivity contribution < 1.29 is 18.0 Å². The lowest BCUT2D eigenvalue weighted by atomic mass is 9.96. The number of benzene rings is 1. The van der Waals surface area contributed by atoms with E-state index in [2.05, 4.69) is 22.4 Å². The molecule has 1 heterocycles. The summed E-state index contributed by atoms with van der Waals surface area (Å²) in [5.41, 5.74) is -0.197. The third kappa shape index (κ3) is 4.15. The average molecular weight is 328 g/mol. The summed E-state index contributed by atoms with van der Waals surface area (Å²) in [6.45, 7) is 1.20. The number of likely N-dealkylation sites (tertiary alicyclic amines) is 1. The van der Waals surface area contributed by atoms with Crippen LogP contribution >= 0.6 is 12.2 Å². The van der Waals surface area contributed by atoms with Gasteiger partial charge in [0.1, 0.15) is 0 Å². The summed E-state index contributed by atoms with van der Waals surface area (Å²) in [5, 5.41) is 2.23. The number of amides is 1. The van der Waals surface area contributed by atoms with Gasteiger partial charge in [-0.2, -0.15) is 13.2 Å². The van der Waals surface area contributed by atoms with Crippen LogP contribution in [0.25, 0.3) is 0 Å². The molecule has 0 saturated carbocycles. The van der Waals surface area contributed by atoms with Crippen molar-refractivity contribution in [3.63, 3.8) is 0 Å². The fraction of sp³-hybridized carbons (Fsp3) is 0.467. The van der Waals surface area contributed by atoms with Crippen LogP contribution in [0, 0.1) is 0 Å². The molecule has 118 valence electrons. The summed E-state index contributed by atoms with van der Waals surface area (Å²) in [4.78, 5) is 17.2. The highest BCUT2D eigenvalue weighted by molar-refractivity contribution is 7.78. The number of nitrogens with zero attached hydrogens (tertiary/aromatic N) is 2. The van der Waals surface area contributed by atoms with Crippen LogP contribution in [0.1, 0.15) is 29.9 Å². The molecule has 1 amide bonds. The molecule has 0 aliphatic carbocycles. The zero-order valence-corrected chi connectivity index (χ0v) is 12.6. The van der Waals surface area contributed by atoms with Gasteiger partial charge in [-0.25, -0.2) is 4.99 Å². The summed E-state index contributed by atoms with van der Waals surface area (Å²) < 4.78 is 38.5. The topological polar surface area (TPSA) is 32.7 Å². The first-order chi connectivity index (χ1) is 10.4. The quantitative estimate of drug-likeness (QED) is 0.612. The van der Waals surface area contributed by atoms with Crippen LogP contribution < -0.4 is 0 Å². The Bertz CT molecular complexity index is 597. The molecule has 1 aromatic carbocycles. The third-order valence-electron chi connectivity index (χ3n) is 3.67. The number of carbonyl (C=O) groups is 1. The standard InChI is InChI=1S/C15H15F3N2OS/c16-15(17,18)13-4-1-3-11(7-13)12(8-19-10-22)9-20-6-2-5-14(20)21/h1,3-4,7,12H,2,5-6,8-9H2. The molecule has 0 radical (unpaired) electrons. The minimum atomic E-state index is -4.39. The van der Waals surface area contributed by atoms with Gasteiger partial charge in [-0.05, 0) is 30.3 Å². The Hall–Kier alpha value is -1.72. The predicted octanol–water partition coefficient (Wildman–Crippen LogP) is 3.51. The largest absolute Gasteiger partial charge is 0.416 e. The second kappa shape index (κ2) is 7.03. The van der Waals surface area contributed by atoms with Gasteiger partial charge < -0.3 is 4.90 Å². The lowest BCUT2D eigenvalue weighted by molar-refractivity contribution is -0.137. The van der Waals surface area contributed by atoms with E-state index in [1.165, 1.54) is 6.07 Å². The van der Waals surface area contributed by atoms with E-state index >= 15 is 0 Å². The van der Waals surface area contributed by atoms with Crippen LogP contribution in [-0.4, -0.2) is 35.6 Å². The molecule has 1 aromatic rings. The van der Waals surface area contributed by atoms with Crippen LogP contribution in [-0.2, 0) is 11.0 Å². The number of carbonyl (C=O) groups excluding carboxylic acids is 1. The number of halogens is 3. The number of rotatable bonds is 5. The van der Waals surface area contributed by atoms with Gasteiger partial charge in [0.2, 0.25) is 5.91 Å². The average Bonchev–Trinajstić information content (AvgIpc) is 2.88. The molecule has 0 aromatic heterocycles. The molecule has 22 heavy (non-hydrogen) atoms. The first-order valence-corrected chi connectivity index (χ1v) is 7.31. The van der Waals surface area contributed by atoms with Crippen LogP contribution in [0.3, 0.4) is 0 Å². The van der Waals surface area contributed by atoms with E-state index in [0.29, 0.717) is 25.1 Å². The van der Waals surface area contributed by atoms with Crippen LogP contribution in [0.15, 0.2) is 29.3 Å². The Morgan fingerprint density at radius 2 is 2.18 bits per heavy atom. The molecule has 1 aliphatic heterocycles. The minimum absolute atomic E-state index is 0.0308. The number of thiocarbonyl (C=S) groups is 1. The first kappa shape index (κ1) is 16.6. The minimum Gasteiger partial charge on any atom is -0.342 e. The van der Waals surface area contributed by atoms with Crippen molar-refractivity contribution in [1.29, 1.82) is 0 Å². The van der Waals surface area contributed by atoms with Gasteiger partial charge in [-0.15, -0.1) is 0 Å². The van der Waals surface area contributed by atoms with E-state index in [1.807, 2.05) is 0 Å². The van der Waals surface area contributed by atoms with E-state index in [-0.39, 0.29) is 18.4 Å². The number of hydrogen-bond donors (Lipinski definition) is 0. The van der Waals surface area contributed by atoms with Crippen molar-refractivity contribution in [3.05, 3.63) is 35.4 Å². The van der Waals surface area contributed by atoms with E-state index in [1.54, 1.807) is 11.0 Å². The fourth-order valence-corrected chi connectivity index (χ4v) is 2.62. The van der Waals surface area contributed by atoms with Crippen LogP contribution in [0.5, 0.6) is 0 Å². The molecule has 2 rings (SSSR count). The van der Waals surface area contributed by atoms with Gasteiger partial charge in [-0.3, -0.25) is 4.79 Å². The molecular weight excluding hydrogens is 313 g/mol. The summed E-state index contributed by atoms with van der Waals surface area (Å²) in [5.74, 6) is -0.289. The van der Waals surface area contributed by atoms with Crippen molar-refractivity contribution in [2.24, 2.45) is 4.99 Å². The van der Waals surface area contributed by atoms with Crippen molar-refractivity contribution in [3.8, 4) is 0 Å². The Morgan fingerprint density at radius 1 is 1.41 bits per heavy atom. The zero-order valence-electron chi connectivity index (χ0n) is 11.8. The van der Waals surface area contributed by atoms with E-state index in [4.69, 9.17) is 0 Å². The molecule has 7 heteroatoms. The van der Waals surface area contributed by atoms with Crippen molar-refractivity contribution >= 4 is 23.3 Å². The van der Waals surface area contributed by atoms with Crippen LogP contribution in [0.4, 0.5) is 13.2 Å². The van der Waals surface area contributed by atoms with E-state index in [9.17, 15) is 18.0 Å². The number of isothiocyanates is 1. The second-order valence-electron chi connectivity index (χ2n) is 5.20. The highest BCUT2D eigenvalue weighted by Gasteiger charge is 2.31. The molecule has 1 aliphatic rings. The maximum Gasteiger partial charge on any atom is 0.416 e. The Kier molecular flexibility index (Phi) is 5.32. The van der Waals surface area contributed by atoms with E-state index in [0.717, 1.165) is 18.6 Å². The van der Waals surface area contributed by atoms with Gasteiger partial charge in [0.05, 0.1) is 17.3 Å². The zero-order chi connectivity index (χ0) is 16.2. The number of aliphatic imine (C=N–C) groups is 1. The molecular formula is C15H15F3N2OS.